The number of imide groups is 1. The number of carbonyl (C=O) groups excluding carboxylic acids is 2. The van der Waals surface area contributed by atoms with Crippen molar-refractivity contribution in [3.05, 3.63) is 28.5 Å². The van der Waals surface area contributed by atoms with Crippen LogP contribution >= 0.6 is 23.1 Å². The van der Waals surface area contributed by atoms with Crippen LogP contribution in [-0.2, 0) is 4.79 Å². The van der Waals surface area contributed by atoms with Gasteiger partial charge in [0.1, 0.15) is 0 Å². The van der Waals surface area contributed by atoms with Crippen LogP contribution < -0.4 is 0 Å². The molecule has 1 aromatic heterocycles. The van der Waals surface area contributed by atoms with Crippen LogP contribution in [0.1, 0.15) is 4.88 Å². The largest absolute Gasteiger partial charge is 0.288 e. The van der Waals surface area contributed by atoms with E-state index in [1.807, 2.05) is 17.5 Å². The molecule has 2 heterocycles. The first-order valence-corrected chi connectivity index (χ1v) is 6.34. The lowest BCUT2D eigenvalue weighted by Gasteiger charge is -2.08. The van der Waals surface area contributed by atoms with Gasteiger partial charge in [0.2, 0.25) is 0 Å². The molecule has 5 heteroatoms. The van der Waals surface area contributed by atoms with Gasteiger partial charge in [0.05, 0.1) is 0 Å². The number of carbonyl (C=O) groups is 2. The van der Waals surface area contributed by atoms with Gasteiger partial charge >= 0.3 is 0 Å². The highest BCUT2D eigenvalue weighted by Crippen LogP contribution is 2.18. The van der Waals surface area contributed by atoms with E-state index in [2.05, 4.69) is 0 Å². The summed E-state index contributed by atoms with van der Waals surface area (Å²) >= 11 is 2.75. The molecule has 1 saturated heterocycles. The van der Waals surface area contributed by atoms with Gasteiger partial charge in [-0.15, -0.1) is 11.3 Å². The Bertz CT molecular complexity index is 398. The standard InChI is InChI=1S/C10H9NO2S2/c12-9(11-5-7-15-10(11)13)4-3-8-2-1-6-14-8/h1-4,6H,5,7H2/b4-3+. The molecule has 2 rings (SSSR count). The highest BCUT2D eigenvalue weighted by Gasteiger charge is 2.25. The van der Waals surface area contributed by atoms with Gasteiger partial charge in [-0.2, -0.15) is 0 Å². The molecule has 1 aromatic rings. The van der Waals surface area contributed by atoms with Gasteiger partial charge < -0.3 is 0 Å². The first kappa shape index (κ1) is 10.4. The molecule has 1 fully saturated rings. The molecule has 0 N–H and O–H groups in total. The zero-order valence-corrected chi connectivity index (χ0v) is 9.51. The van der Waals surface area contributed by atoms with Crippen LogP contribution in [0.25, 0.3) is 6.08 Å². The van der Waals surface area contributed by atoms with Crippen molar-refractivity contribution in [1.29, 1.82) is 0 Å². The molecule has 0 unspecified atom stereocenters. The Morgan fingerprint density at radius 2 is 2.40 bits per heavy atom. The molecule has 0 radical (unpaired) electrons. The van der Waals surface area contributed by atoms with E-state index in [0.717, 1.165) is 4.88 Å². The Hall–Kier alpha value is -1.07. The highest BCUT2D eigenvalue weighted by atomic mass is 32.2. The van der Waals surface area contributed by atoms with E-state index in [1.165, 1.54) is 22.7 Å². The summed E-state index contributed by atoms with van der Waals surface area (Å²) in [5.74, 6) is 0.482. The first-order chi connectivity index (χ1) is 7.27. The average Bonchev–Trinajstić information content (AvgIpc) is 2.84. The lowest BCUT2D eigenvalue weighted by Crippen LogP contribution is -2.28. The second-order valence-corrected chi connectivity index (χ2v) is 4.98. The summed E-state index contributed by atoms with van der Waals surface area (Å²) in [4.78, 5) is 25.1. The average molecular weight is 239 g/mol. The molecular formula is C10H9NO2S2. The minimum absolute atomic E-state index is 0.143. The van der Waals surface area contributed by atoms with Crippen LogP contribution in [0.4, 0.5) is 4.79 Å². The number of thioether (sulfide) groups is 1. The summed E-state index contributed by atoms with van der Waals surface area (Å²) in [6, 6.07) is 3.85. The molecular weight excluding hydrogens is 230 g/mol. The lowest BCUT2D eigenvalue weighted by molar-refractivity contribution is -0.122. The van der Waals surface area contributed by atoms with Crippen LogP contribution in [0.15, 0.2) is 23.6 Å². The molecule has 1 aliphatic rings. The zero-order valence-electron chi connectivity index (χ0n) is 7.88. The van der Waals surface area contributed by atoms with E-state index in [-0.39, 0.29) is 11.1 Å². The molecule has 0 saturated carbocycles. The molecule has 0 bridgehead atoms. The van der Waals surface area contributed by atoms with Crippen molar-refractivity contribution in [3.63, 3.8) is 0 Å². The Labute approximate surface area is 95.8 Å². The Balaban J connectivity index is 2.00. The maximum atomic E-state index is 11.6. The number of hydrogen-bond donors (Lipinski definition) is 0. The van der Waals surface area contributed by atoms with Gasteiger partial charge in [-0.1, -0.05) is 17.8 Å². The van der Waals surface area contributed by atoms with Gasteiger partial charge in [-0.05, 0) is 17.5 Å². The van der Waals surface area contributed by atoms with Crippen molar-refractivity contribution < 1.29 is 9.59 Å². The van der Waals surface area contributed by atoms with Crippen molar-refractivity contribution in [1.82, 2.24) is 4.90 Å². The minimum atomic E-state index is -0.224. The number of nitrogens with zero attached hydrogens (tertiary/aromatic N) is 1. The molecule has 0 aliphatic carbocycles. The van der Waals surface area contributed by atoms with Crippen LogP contribution in [0, 0.1) is 0 Å². The monoisotopic (exact) mass is 239 g/mol. The lowest BCUT2D eigenvalue weighted by atomic mass is 10.4. The molecule has 0 atom stereocenters. The van der Waals surface area contributed by atoms with Crippen LogP contribution in [0.3, 0.4) is 0 Å². The van der Waals surface area contributed by atoms with Crippen molar-refractivity contribution in [3.8, 4) is 0 Å². The fourth-order valence-electron chi connectivity index (χ4n) is 1.22. The molecule has 2 amide bonds. The topological polar surface area (TPSA) is 37.4 Å². The van der Waals surface area contributed by atoms with Crippen molar-refractivity contribution >= 4 is 40.3 Å². The van der Waals surface area contributed by atoms with E-state index in [1.54, 1.807) is 17.4 Å². The van der Waals surface area contributed by atoms with Crippen LogP contribution in [-0.4, -0.2) is 28.3 Å². The maximum absolute atomic E-state index is 11.6. The summed E-state index contributed by atoms with van der Waals surface area (Å²) in [7, 11) is 0. The number of amides is 2. The third-order valence-corrected chi connectivity index (χ3v) is 3.65. The van der Waals surface area contributed by atoms with E-state index in [4.69, 9.17) is 0 Å². The second-order valence-electron chi connectivity index (χ2n) is 2.95. The fraction of sp³-hybridized carbons (Fsp3) is 0.200. The Morgan fingerprint density at radius 1 is 1.53 bits per heavy atom. The molecule has 1 aliphatic heterocycles. The molecule has 0 spiro atoms. The van der Waals surface area contributed by atoms with Gasteiger partial charge in [-0.25, -0.2) is 0 Å². The fourth-order valence-corrected chi connectivity index (χ4v) is 2.63. The SMILES string of the molecule is O=C(/C=C/c1cccs1)N1CCSC1=O. The first-order valence-electron chi connectivity index (χ1n) is 4.47. The Kier molecular flexibility index (Phi) is 3.23. The highest BCUT2D eigenvalue weighted by molar-refractivity contribution is 8.13. The van der Waals surface area contributed by atoms with E-state index < -0.39 is 0 Å². The van der Waals surface area contributed by atoms with E-state index >= 15 is 0 Å². The smallest absolute Gasteiger partial charge is 0.269 e. The van der Waals surface area contributed by atoms with Crippen LogP contribution in [0.2, 0.25) is 0 Å². The van der Waals surface area contributed by atoms with E-state index in [9.17, 15) is 9.59 Å². The molecule has 0 aromatic carbocycles. The number of hydrogen-bond acceptors (Lipinski definition) is 4. The molecule has 15 heavy (non-hydrogen) atoms. The number of rotatable bonds is 2. The van der Waals surface area contributed by atoms with Crippen LogP contribution in [0.5, 0.6) is 0 Å². The van der Waals surface area contributed by atoms with Gasteiger partial charge in [0, 0.05) is 23.3 Å². The van der Waals surface area contributed by atoms with Gasteiger partial charge in [0.25, 0.3) is 11.1 Å². The molecule has 3 nitrogen and oxygen atoms in total. The normalized spacial score (nSPS) is 16.5. The third-order valence-electron chi connectivity index (χ3n) is 1.96. The summed E-state index contributed by atoms with van der Waals surface area (Å²) < 4.78 is 0. The molecule has 78 valence electrons. The number of thiophene rings is 1. The predicted octanol–water partition coefficient (Wildman–Crippen LogP) is 2.46. The van der Waals surface area contributed by atoms with Crippen molar-refractivity contribution in [2.75, 3.05) is 12.3 Å². The van der Waals surface area contributed by atoms with Crippen molar-refractivity contribution in [2.24, 2.45) is 0 Å². The summed E-state index contributed by atoms with van der Waals surface area (Å²) in [5, 5.41) is 1.80. The predicted molar refractivity (Wildman–Crippen MR) is 62.9 cm³/mol. The quantitative estimate of drug-likeness (QED) is 0.744. The van der Waals surface area contributed by atoms with Gasteiger partial charge in [-0.3, -0.25) is 14.5 Å². The zero-order chi connectivity index (χ0) is 10.7. The third kappa shape index (κ3) is 2.49. The van der Waals surface area contributed by atoms with E-state index in [0.29, 0.717) is 12.3 Å². The maximum Gasteiger partial charge on any atom is 0.288 e. The summed E-state index contributed by atoms with van der Waals surface area (Å²) in [5.41, 5.74) is 0. The Morgan fingerprint density at radius 3 is 3.00 bits per heavy atom. The van der Waals surface area contributed by atoms with Gasteiger partial charge in [0.15, 0.2) is 0 Å². The summed E-state index contributed by atoms with van der Waals surface area (Å²) in [6.07, 6.45) is 3.19. The minimum Gasteiger partial charge on any atom is -0.269 e. The summed E-state index contributed by atoms with van der Waals surface area (Å²) in [6.45, 7) is 0.525. The second kappa shape index (κ2) is 4.63. The van der Waals surface area contributed by atoms with Crippen molar-refractivity contribution in [2.45, 2.75) is 0 Å².